The largest absolute Gasteiger partial charge is 0.506 e. The predicted octanol–water partition coefficient (Wildman–Crippen LogP) is 4.85. The molecule has 7 heteroatoms. The molecule has 0 radical (unpaired) electrons. The van der Waals surface area contributed by atoms with Gasteiger partial charge in [0.15, 0.2) is 6.61 Å². The highest BCUT2D eigenvalue weighted by atomic mass is 79.9. The van der Waals surface area contributed by atoms with Gasteiger partial charge in [-0.1, -0.05) is 53.5 Å². The number of carbonyl (C=O) groups is 1. The summed E-state index contributed by atoms with van der Waals surface area (Å²) >= 11 is 9.14. The Morgan fingerprint density at radius 2 is 2.08 bits per heavy atom. The molecule has 26 heavy (non-hydrogen) atoms. The van der Waals surface area contributed by atoms with Crippen LogP contribution in [0.25, 0.3) is 0 Å². The monoisotopic (exact) mass is 438 g/mol. The average Bonchev–Trinajstić information content (AvgIpc) is 2.63. The first kappa shape index (κ1) is 20.3. The van der Waals surface area contributed by atoms with Gasteiger partial charge in [0.1, 0.15) is 11.5 Å². The number of ether oxygens (including phenoxy) is 1. The molecule has 1 amide bonds. The van der Waals surface area contributed by atoms with Crippen molar-refractivity contribution in [3.05, 3.63) is 57.0 Å². The number of rotatable bonds is 7. The number of hydrazone groups is 1. The molecule has 0 aliphatic carbocycles. The van der Waals surface area contributed by atoms with Crippen LogP contribution in [-0.4, -0.2) is 23.8 Å². The van der Waals surface area contributed by atoms with Gasteiger partial charge in [0.05, 0.1) is 11.2 Å². The first-order chi connectivity index (χ1) is 12.4. The Labute approximate surface area is 166 Å². The van der Waals surface area contributed by atoms with Crippen molar-refractivity contribution in [2.24, 2.45) is 5.10 Å². The molecular weight excluding hydrogens is 420 g/mol. The number of phenolic OH excluding ortho intramolecular Hbond substituents is 1. The summed E-state index contributed by atoms with van der Waals surface area (Å²) in [7, 11) is 0. The summed E-state index contributed by atoms with van der Waals surface area (Å²) in [5, 5.41) is 13.8. The average molecular weight is 440 g/mol. The number of hydrogen-bond donors (Lipinski definition) is 2. The Kier molecular flexibility index (Phi) is 7.48. The third-order valence-corrected chi connectivity index (χ3v) is 4.63. The minimum absolute atomic E-state index is 0.106. The van der Waals surface area contributed by atoms with E-state index in [2.05, 4.69) is 40.3 Å². The van der Waals surface area contributed by atoms with Crippen molar-refractivity contribution in [3.63, 3.8) is 0 Å². The summed E-state index contributed by atoms with van der Waals surface area (Å²) in [6, 6.07) is 10.9. The Morgan fingerprint density at radius 3 is 2.73 bits per heavy atom. The minimum Gasteiger partial charge on any atom is -0.506 e. The van der Waals surface area contributed by atoms with Crippen LogP contribution in [0.4, 0.5) is 0 Å². The molecule has 0 bridgehead atoms. The van der Waals surface area contributed by atoms with Gasteiger partial charge in [-0.25, -0.2) is 5.43 Å². The zero-order chi connectivity index (χ0) is 19.1. The highest BCUT2D eigenvalue weighted by Crippen LogP contribution is 2.30. The Hall–Kier alpha value is -2.05. The quantitative estimate of drug-likeness (QED) is 0.478. The van der Waals surface area contributed by atoms with E-state index in [1.807, 2.05) is 24.3 Å². The van der Waals surface area contributed by atoms with E-state index in [-0.39, 0.29) is 17.4 Å². The summed E-state index contributed by atoms with van der Waals surface area (Å²) in [5.74, 6) is 0.593. The van der Waals surface area contributed by atoms with Gasteiger partial charge in [-0.3, -0.25) is 4.79 Å². The molecule has 2 aromatic rings. The molecule has 2 N–H and O–H groups in total. The maximum atomic E-state index is 11.8. The van der Waals surface area contributed by atoms with Crippen LogP contribution in [0.3, 0.4) is 0 Å². The van der Waals surface area contributed by atoms with E-state index < -0.39 is 5.91 Å². The lowest BCUT2D eigenvalue weighted by atomic mass is 9.99. The Morgan fingerprint density at radius 1 is 1.38 bits per heavy atom. The molecule has 0 saturated carbocycles. The number of nitrogens with zero attached hydrogens (tertiary/aromatic N) is 1. The number of carbonyl (C=O) groups excluding carboxylic acids is 1. The number of benzene rings is 2. The van der Waals surface area contributed by atoms with Crippen molar-refractivity contribution in [1.29, 1.82) is 0 Å². The third-order valence-electron chi connectivity index (χ3n) is 3.88. The van der Waals surface area contributed by atoms with Crippen LogP contribution in [0.2, 0.25) is 5.02 Å². The lowest BCUT2D eigenvalue weighted by Crippen LogP contribution is -2.24. The molecule has 2 aromatic carbocycles. The molecule has 0 fully saturated rings. The number of phenols is 1. The van der Waals surface area contributed by atoms with Gasteiger partial charge in [0, 0.05) is 10.0 Å². The molecule has 0 aromatic heterocycles. The fraction of sp³-hybridized carbons (Fsp3) is 0.263. The standard InChI is InChI=1S/C19H20BrClN2O3/c1-3-12(2)13-4-6-16(7-5-13)26-11-18(24)23-22-10-14-8-15(20)9-17(21)19(14)25/h4-10,12,25H,3,11H2,1-2H3,(H,23,24)/b22-10+. The predicted molar refractivity (Wildman–Crippen MR) is 107 cm³/mol. The van der Waals surface area contributed by atoms with E-state index in [0.29, 0.717) is 21.7 Å². The fourth-order valence-electron chi connectivity index (χ4n) is 2.17. The molecule has 0 saturated heterocycles. The van der Waals surface area contributed by atoms with Crippen LogP contribution in [0, 0.1) is 0 Å². The maximum absolute atomic E-state index is 11.8. The highest BCUT2D eigenvalue weighted by molar-refractivity contribution is 9.10. The zero-order valence-corrected chi connectivity index (χ0v) is 16.8. The summed E-state index contributed by atoms with van der Waals surface area (Å²) in [6.07, 6.45) is 2.38. The number of hydrogen-bond acceptors (Lipinski definition) is 4. The minimum atomic E-state index is -0.409. The van der Waals surface area contributed by atoms with Crippen LogP contribution in [-0.2, 0) is 4.79 Å². The van der Waals surface area contributed by atoms with Crippen molar-refractivity contribution in [2.75, 3.05) is 6.61 Å². The zero-order valence-electron chi connectivity index (χ0n) is 14.5. The van der Waals surface area contributed by atoms with E-state index in [0.717, 1.165) is 6.42 Å². The lowest BCUT2D eigenvalue weighted by Gasteiger charge is -2.10. The number of amides is 1. The lowest BCUT2D eigenvalue weighted by molar-refractivity contribution is -0.123. The van der Waals surface area contributed by atoms with Crippen molar-refractivity contribution in [2.45, 2.75) is 26.2 Å². The summed E-state index contributed by atoms with van der Waals surface area (Å²) in [6.45, 7) is 4.14. The second-order valence-corrected chi connectivity index (χ2v) is 7.11. The van der Waals surface area contributed by atoms with E-state index in [9.17, 15) is 9.90 Å². The van der Waals surface area contributed by atoms with Crippen LogP contribution < -0.4 is 10.2 Å². The first-order valence-electron chi connectivity index (χ1n) is 8.13. The Bertz CT molecular complexity index is 794. The highest BCUT2D eigenvalue weighted by Gasteiger charge is 2.07. The van der Waals surface area contributed by atoms with Gasteiger partial charge in [-0.05, 0) is 42.2 Å². The van der Waals surface area contributed by atoms with Gasteiger partial charge in [0.25, 0.3) is 5.91 Å². The third kappa shape index (κ3) is 5.75. The molecule has 0 spiro atoms. The van der Waals surface area contributed by atoms with Gasteiger partial charge in [-0.15, -0.1) is 0 Å². The summed E-state index contributed by atoms with van der Waals surface area (Å²) in [4.78, 5) is 11.8. The van der Waals surface area contributed by atoms with Gasteiger partial charge < -0.3 is 9.84 Å². The molecule has 2 rings (SSSR count). The number of halogens is 2. The van der Waals surface area contributed by atoms with Crippen molar-refractivity contribution >= 4 is 39.7 Å². The number of aromatic hydroxyl groups is 1. The summed E-state index contributed by atoms with van der Waals surface area (Å²) in [5.41, 5.74) is 3.96. The normalized spacial score (nSPS) is 12.2. The molecule has 5 nitrogen and oxygen atoms in total. The molecule has 138 valence electrons. The first-order valence-corrected chi connectivity index (χ1v) is 9.30. The van der Waals surface area contributed by atoms with Crippen LogP contribution in [0.1, 0.15) is 37.3 Å². The fourth-order valence-corrected chi connectivity index (χ4v) is 3.00. The van der Waals surface area contributed by atoms with Gasteiger partial charge in [0.2, 0.25) is 0 Å². The maximum Gasteiger partial charge on any atom is 0.277 e. The molecule has 0 aliphatic rings. The molecule has 0 aliphatic heterocycles. The topological polar surface area (TPSA) is 70.9 Å². The molecule has 0 heterocycles. The van der Waals surface area contributed by atoms with Crippen molar-refractivity contribution in [1.82, 2.24) is 5.43 Å². The second kappa shape index (κ2) is 9.59. The van der Waals surface area contributed by atoms with Crippen LogP contribution in [0.5, 0.6) is 11.5 Å². The van der Waals surface area contributed by atoms with Crippen molar-refractivity contribution < 1.29 is 14.6 Å². The number of nitrogens with one attached hydrogen (secondary N) is 1. The summed E-state index contributed by atoms with van der Waals surface area (Å²) < 4.78 is 6.13. The molecule has 1 atom stereocenters. The van der Waals surface area contributed by atoms with E-state index in [1.54, 1.807) is 12.1 Å². The molecular formula is C19H20BrClN2O3. The van der Waals surface area contributed by atoms with Crippen LogP contribution in [0.15, 0.2) is 46.0 Å². The molecule has 1 unspecified atom stereocenters. The SMILES string of the molecule is CCC(C)c1ccc(OCC(=O)N/N=C/c2cc(Br)cc(Cl)c2O)cc1. The van der Waals surface area contributed by atoms with Crippen molar-refractivity contribution in [3.8, 4) is 11.5 Å². The van der Waals surface area contributed by atoms with Gasteiger partial charge in [-0.2, -0.15) is 5.10 Å². The van der Waals surface area contributed by atoms with E-state index in [1.165, 1.54) is 11.8 Å². The smallest absolute Gasteiger partial charge is 0.277 e. The Balaban J connectivity index is 1.86. The van der Waals surface area contributed by atoms with Gasteiger partial charge >= 0.3 is 0 Å². The van der Waals surface area contributed by atoms with E-state index >= 15 is 0 Å². The van der Waals surface area contributed by atoms with E-state index in [4.69, 9.17) is 16.3 Å². The van der Waals surface area contributed by atoms with Crippen LogP contribution >= 0.6 is 27.5 Å². The second-order valence-electron chi connectivity index (χ2n) is 5.79.